The van der Waals surface area contributed by atoms with Crippen molar-refractivity contribution in [3.8, 4) is 0 Å². The van der Waals surface area contributed by atoms with E-state index in [-0.39, 0.29) is 18.1 Å². The fourth-order valence-corrected chi connectivity index (χ4v) is 2.72. The summed E-state index contributed by atoms with van der Waals surface area (Å²) in [6.07, 6.45) is 0. The standard InChI is InChI=1S/C15H16ClN3O3S/c1-9(14(21)17-11-5-3-10(16)4-6-11)23-15-18-12(8-22-2)7-13(20)19-15/h3-7,9H,8H2,1-2H3,(H,17,21)(H,18,19,20). The molecule has 0 bridgehead atoms. The molecule has 23 heavy (non-hydrogen) atoms. The summed E-state index contributed by atoms with van der Waals surface area (Å²) in [7, 11) is 1.53. The van der Waals surface area contributed by atoms with E-state index < -0.39 is 5.25 Å². The highest BCUT2D eigenvalue weighted by Crippen LogP contribution is 2.21. The summed E-state index contributed by atoms with van der Waals surface area (Å²) in [4.78, 5) is 30.6. The average Bonchev–Trinajstić information content (AvgIpc) is 2.49. The van der Waals surface area contributed by atoms with Gasteiger partial charge in [0.1, 0.15) is 0 Å². The van der Waals surface area contributed by atoms with Gasteiger partial charge in [0, 0.05) is 23.9 Å². The maximum absolute atomic E-state index is 12.2. The molecular weight excluding hydrogens is 338 g/mol. The van der Waals surface area contributed by atoms with Crippen molar-refractivity contribution >= 4 is 35.0 Å². The van der Waals surface area contributed by atoms with Gasteiger partial charge < -0.3 is 15.0 Å². The van der Waals surface area contributed by atoms with Gasteiger partial charge in [-0.25, -0.2) is 4.98 Å². The van der Waals surface area contributed by atoms with Gasteiger partial charge in [-0.3, -0.25) is 9.59 Å². The summed E-state index contributed by atoms with van der Waals surface area (Å²) in [5.41, 5.74) is 0.894. The van der Waals surface area contributed by atoms with Crippen LogP contribution < -0.4 is 10.9 Å². The molecule has 1 unspecified atom stereocenters. The summed E-state index contributed by atoms with van der Waals surface area (Å²) >= 11 is 6.97. The smallest absolute Gasteiger partial charge is 0.251 e. The molecule has 0 spiro atoms. The van der Waals surface area contributed by atoms with Crippen molar-refractivity contribution in [2.24, 2.45) is 0 Å². The second-order valence-corrected chi connectivity index (χ2v) is 6.50. The number of ether oxygens (including phenoxy) is 1. The molecule has 8 heteroatoms. The van der Waals surface area contributed by atoms with Crippen molar-refractivity contribution < 1.29 is 9.53 Å². The molecule has 1 amide bonds. The molecule has 0 saturated carbocycles. The summed E-state index contributed by atoms with van der Waals surface area (Å²) in [6.45, 7) is 1.97. The van der Waals surface area contributed by atoms with Crippen LogP contribution in [0.4, 0.5) is 5.69 Å². The fraction of sp³-hybridized carbons (Fsp3) is 0.267. The van der Waals surface area contributed by atoms with E-state index in [0.29, 0.717) is 21.6 Å². The van der Waals surface area contributed by atoms with Crippen LogP contribution in [0, 0.1) is 0 Å². The number of hydrogen-bond donors (Lipinski definition) is 2. The van der Waals surface area contributed by atoms with Crippen molar-refractivity contribution in [3.63, 3.8) is 0 Å². The Labute approximate surface area is 142 Å². The number of H-pyrrole nitrogens is 1. The first-order valence-corrected chi connectivity index (χ1v) is 8.06. The number of halogens is 1. The van der Waals surface area contributed by atoms with E-state index in [4.69, 9.17) is 16.3 Å². The molecule has 6 nitrogen and oxygen atoms in total. The Morgan fingerprint density at radius 2 is 2.13 bits per heavy atom. The number of benzene rings is 1. The zero-order valence-corrected chi connectivity index (χ0v) is 14.2. The van der Waals surface area contributed by atoms with Crippen LogP contribution in [0.2, 0.25) is 5.02 Å². The van der Waals surface area contributed by atoms with Crippen molar-refractivity contribution in [3.05, 3.63) is 51.4 Å². The number of thioether (sulfide) groups is 1. The summed E-state index contributed by atoms with van der Waals surface area (Å²) in [6, 6.07) is 8.20. The lowest BCUT2D eigenvalue weighted by atomic mass is 10.3. The van der Waals surface area contributed by atoms with Crippen molar-refractivity contribution in [1.29, 1.82) is 0 Å². The van der Waals surface area contributed by atoms with Crippen LogP contribution in [0.1, 0.15) is 12.6 Å². The number of carbonyl (C=O) groups excluding carboxylic acids is 1. The minimum absolute atomic E-state index is 0.197. The third kappa shape index (κ3) is 5.38. The number of carbonyl (C=O) groups is 1. The van der Waals surface area contributed by atoms with Crippen molar-refractivity contribution in [2.75, 3.05) is 12.4 Å². The topological polar surface area (TPSA) is 84.1 Å². The third-order valence-electron chi connectivity index (χ3n) is 2.83. The Morgan fingerprint density at radius 3 is 2.78 bits per heavy atom. The molecule has 1 aromatic heterocycles. The highest BCUT2D eigenvalue weighted by Gasteiger charge is 2.16. The maximum Gasteiger partial charge on any atom is 0.251 e. The summed E-state index contributed by atoms with van der Waals surface area (Å²) in [5.74, 6) is -0.197. The highest BCUT2D eigenvalue weighted by atomic mass is 35.5. The largest absolute Gasteiger partial charge is 0.378 e. The zero-order chi connectivity index (χ0) is 16.8. The number of aromatic nitrogens is 2. The second-order valence-electron chi connectivity index (χ2n) is 4.73. The quantitative estimate of drug-likeness (QED) is 0.616. The van der Waals surface area contributed by atoms with Crippen LogP contribution in [0.25, 0.3) is 0 Å². The van der Waals surface area contributed by atoms with Gasteiger partial charge in [0.25, 0.3) is 5.56 Å². The van der Waals surface area contributed by atoms with Crippen molar-refractivity contribution in [2.45, 2.75) is 23.9 Å². The van der Waals surface area contributed by atoms with E-state index in [1.54, 1.807) is 31.2 Å². The number of amides is 1. The number of nitrogens with zero attached hydrogens (tertiary/aromatic N) is 1. The predicted molar refractivity (Wildman–Crippen MR) is 91.0 cm³/mol. The molecule has 2 rings (SSSR count). The first-order chi connectivity index (χ1) is 11.0. The molecular formula is C15H16ClN3O3S. The van der Waals surface area contributed by atoms with Gasteiger partial charge in [0.05, 0.1) is 17.6 Å². The van der Waals surface area contributed by atoms with Crippen LogP contribution in [0.5, 0.6) is 0 Å². The number of nitrogens with one attached hydrogen (secondary N) is 2. The van der Waals surface area contributed by atoms with Gasteiger partial charge >= 0.3 is 0 Å². The van der Waals surface area contributed by atoms with Crippen LogP contribution in [-0.4, -0.2) is 28.2 Å². The van der Waals surface area contributed by atoms with E-state index >= 15 is 0 Å². The van der Waals surface area contributed by atoms with Gasteiger partial charge in [-0.05, 0) is 31.2 Å². The zero-order valence-electron chi connectivity index (χ0n) is 12.6. The number of anilines is 1. The Morgan fingerprint density at radius 1 is 1.43 bits per heavy atom. The van der Waals surface area contributed by atoms with E-state index in [1.807, 2.05) is 0 Å². The molecule has 0 radical (unpaired) electrons. The molecule has 2 N–H and O–H groups in total. The Bertz CT molecular complexity index is 733. The summed E-state index contributed by atoms with van der Waals surface area (Å²) in [5, 5.41) is 3.32. The first-order valence-electron chi connectivity index (χ1n) is 6.80. The molecule has 122 valence electrons. The van der Waals surface area contributed by atoms with E-state index in [9.17, 15) is 9.59 Å². The van der Waals surface area contributed by atoms with Crippen LogP contribution in [0.3, 0.4) is 0 Å². The molecule has 2 aromatic rings. The SMILES string of the molecule is COCc1cc(=O)[nH]c(SC(C)C(=O)Nc2ccc(Cl)cc2)n1. The Balaban J connectivity index is 2.03. The predicted octanol–water partition coefficient (Wildman–Crippen LogP) is 2.69. The molecule has 0 aliphatic rings. The number of aromatic amines is 1. The molecule has 0 fully saturated rings. The number of methoxy groups -OCH3 is 1. The lowest BCUT2D eigenvalue weighted by Gasteiger charge is -2.12. The van der Waals surface area contributed by atoms with Crippen LogP contribution >= 0.6 is 23.4 Å². The third-order valence-corrected chi connectivity index (χ3v) is 4.07. The van der Waals surface area contributed by atoms with Crippen LogP contribution in [0.15, 0.2) is 40.3 Å². The van der Waals surface area contributed by atoms with Gasteiger partial charge in [-0.15, -0.1) is 0 Å². The van der Waals surface area contributed by atoms with Gasteiger partial charge in [-0.1, -0.05) is 23.4 Å². The number of rotatable bonds is 6. The molecule has 1 atom stereocenters. The minimum atomic E-state index is -0.438. The molecule has 1 heterocycles. The first kappa shape index (κ1) is 17.5. The maximum atomic E-state index is 12.2. The molecule has 0 aliphatic carbocycles. The number of hydrogen-bond acceptors (Lipinski definition) is 5. The van der Waals surface area contributed by atoms with E-state index in [0.717, 1.165) is 0 Å². The molecule has 1 aromatic carbocycles. The van der Waals surface area contributed by atoms with Crippen molar-refractivity contribution in [1.82, 2.24) is 9.97 Å². The normalized spacial score (nSPS) is 12.0. The lowest BCUT2D eigenvalue weighted by molar-refractivity contribution is -0.115. The monoisotopic (exact) mass is 353 g/mol. The summed E-state index contributed by atoms with van der Waals surface area (Å²) < 4.78 is 4.96. The van der Waals surface area contributed by atoms with Crippen LogP contribution in [-0.2, 0) is 16.1 Å². The van der Waals surface area contributed by atoms with E-state index in [2.05, 4.69) is 15.3 Å². The fourth-order valence-electron chi connectivity index (χ4n) is 1.76. The Hall–Kier alpha value is -1.83. The second kappa shape index (κ2) is 8.14. The average molecular weight is 354 g/mol. The molecule has 0 saturated heterocycles. The van der Waals surface area contributed by atoms with Gasteiger partial charge in [0.15, 0.2) is 5.16 Å². The van der Waals surface area contributed by atoms with Gasteiger partial charge in [-0.2, -0.15) is 0 Å². The molecule has 0 aliphatic heterocycles. The van der Waals surface area contributed by atoms with E-state index in [1.165, 1.54) is 24.9 Å². The Kier molecular flexibility index (Phi) is 6.20. The van der Waals surface area contributed by atoms with Gasteiger partial charge in [0.2, 0.25) is 5.91 Å². The lowest BCUT2D eigenvalue weighted by Crippen LogP contribution is -2.23. The highest BCUT2D eigenvalue weighted by molar-refractivity contribution is 8.00. The minimum Gasteiger partial charge on any atom is -0.378 e.